The van der Waals surface area contributed by atoms with Crippen LogP contribution in [-0.2, 0) is 0 Å². The van der Waals surface area contributed by atoms with Crippen LogP contribution in [0.15, 0.2) is 57.5 Å². The molecule has 2 aromatic carbocycles. The summed E-state index contributed by atoms with van der Waals surface area (Å²) in [7, 11) is 0. The van der Waals surface area contributed by atoms with E-state index in [-0.39, 0.29) is 0 Å². The number of hydrogen-bond donors (Lipinski definition) is 3. The molecule has 2 aliphatic rings. The predicted octanol–water partition coefficient (Wildman–Crippen LogP) is 2.85. The minimum atomic E-state index is -0.576. The number of aromatic amines is 1. The highest BCUT2D eigenvalue weighted by Crippen LogP contribution is 2.40. The van der Waals surface area contributed by atoms with Crippen LogP contribution in [0.4, 0.5) is 11.4 Å². The van der Waals surface area contributed by atoms with Crippen molar-refractivity contribution in [2.24, 2.45) is 0 Å². The second-order valence-corrected chi connectivity index (χ2v) is 7.10. The molecule has 2 aliphatic heterocycles. The monoisotopic (exact) mass is 396 g/mol. The summed E-state index contributed by atoms with van der Waals surface area (Å²) in [6.07, 6.45) is 0. The number of benzene rings is 2. The molecule has 0 amide bonds. The largest absolute Gasteiger partial charge is 0.439 e. The number of hydrogen-bond acceptors (Lipinski definition) is 7. The van der Waals surface area contributed by atoms with Crippen molar-refractivity contribution in [3.05, 3.63) is 69.3 Å². The minimum absolute atomic E-state index is 0.401. The maximum absolute atomic E-state index is 11.4. The molecule has 28 heavy (non-hydrogen) atoms. The molecule has 0 unspecified atom stereocenters. The number of hydrazine groups is 2. The highest BCUT2D eigenvalue weighted by Gasteiger charge is 2.29. The third-order valence-electron chi connectivity index (χ3n) is 4.95. The van der Waals surface area contributed by atoms with Crippen molar-refractivity contribution >= 4 is 28.7 Å². The minimum Gasteiger partial charge on any atom is -0.339 e. The number of allylic oxidation sites excluding steroid dienone is 1. The van der Waals surface area contributed by atoms with E-state index in [1.807, 2.05) is 49.4 Å². The summed E-state index contributed by atoms with van der Waals surface area (Å²) in [5.41, 5.74) is 12.4. The van der Waals surface area contributed by atoms with E-state index < -0.39 is 5.76 Å². The lowest BCUT2D eigenvalue weighted by molar-refractivity contribution is 0.294. The van der Waals surface area contributed by atoms with E-state index in [0.717, 1.165) is 47.0 Å². The summed E-state index contributed by atoms with van der Waals surface area (Å²) in [5, 5.41) is 6.61. The van der Waals surface area contributed by atoms with E-state index in [0.29, 0.717) is 10.8 Å². The van der Waals surface area contributed by atoms with Gasteiger partial charge in [0.05, 0.1) is 23.6 Å². The van der Waals surface area contributed by atoms with E-state index >= 15 is 0 Å². The van der Waals surface area contributed by atoms with Crippen molar-refractivity contribution in [3.63, 3.8) is 0 Å². The van der Waals surface area contributed by atoms with Crippen LogP contribution in [0, 0.1) is 0 Å². The van der Waals surface area contributed by atoms with Crippen LogP contribution in [0.3, 0.4) is 0 Å². The molecule has 0 bridgehead atoms. The van der Waals surface area contributed by atoms with Gasteiger partial charge in [-0.2, -0.15) is 0 Å². The van der Waals surface area contributed by atoms with Gasteiger partial charge in [0, 0.05) is 28.4 Å². The third-order valence-corrected chi connectivity index (χ3v) is 5.20. The summed E-state index contributed by atoms with van der Waals surface area (Å²) in [5.74, 6) is -0.174. The van der Waals surface area contributed by atoms with Crippen LogP contribution < -0.4 is 21.6 Å². The van der Waals surface area contributed by atoms with Crippen LogP contribution in [-0.4, -0.2) is 28.2 Å². The summed E-state index contributed by atoms with van der Waals surface area (Å²) in [6.45, 7) is 3.55. The Morgan fingerprint density at radius 1 is 1.14 bits per heavy atom. The molecule has 142 valence electrons. The molecule has 8 nitrogen and oxygen atoms in total. The van der Waals surface area contributed by atoms with Crippen molar-refractivity contribution in [1.82, 2.24) is 26.1 Å². The van der Waals surface area contributed by atoms with Gasteiger partial charge in [-0.15, -0.1) is 5.53 Å². The summed E-state index contributed by atoms with van der Waals surface area (Å²) < 4.78 is 4.67. The maximum Gasteiger partial charge on any atom is 0.439 e. The topological polar surface area (TPSA) is 89.4 Å². The fraction of sp³-hybridized carbons (Fsp3) is 0.158. The van der Waals surface area contributed by atoms with Crippen molar-refractivity contribution in [1.29, 1.82) is 0 Å². The van der Waals surface area contributed by atoms with E-state index in [2.05, 4.69) is 35.5 Å². The Kier molecular flexibility index (Phi) is 3.88. The zero-order chi connectivity index (χ0) is 19.3. The average Bonchev–Trinajstić information content (AvgIpc) is 3.24. The second kappa shape index (κ2) is 6.43. The SMILES string of the molecule is CC1=C2c3ccc(-c4noc(=O)[nH]4)cc3N(c3ccc(Cl)cc3)CCN2NN1. The molecule has 0 saturated carbocycles. The Morgan fingerprint density at radius 3 is 2.71 bits per heavy atom. The number of fused-ring (bicyclic) bond motifs is 3. The predicted molar refractivity (Wildman–Crippen MR) is 107 cm³/mol. The van der Waals surface area contributed by atoms with Crippen molar-refractivity contribution in [2.45, 2.75) is 6.92 Å². The first-order valence-corrected chi connectivity index (χ1v) is 9.22. The number of halogens is 1. The number of rotatable bonds is 2. The Hall–Kier alpha value is -3.23. The molecule has 0 aliphatic carbocycles. The van der Waals surface area contributed by atoms with Crippen molar-refractivity contribution in [2.75, 3.05) is 18.0 Å². The normalized spacial score (nSPS) is 15.9. The molecular formula is C19H17ClN6O2. The smallest absolute Gasteiger partial charge is 0.339 e. The molecule has 3 aromatic rings. The zero-order valence-corrected chi connectivity index (χ0v) is 15.7. The Morgan fingerprint density at radius 2 is 1.96 bits per heavy atom. The average molecular weight is 397 g/mol. The summed E-state index contributed by atoms with van der Waals surface area (Å²) in [4.78, 5) is 16.2. The Balaban J connectivity index is 1.71. The van der Waals surface area contributed by atoms with Gasteiger partial charge in [-0.3, -0.25) is 14.5 Å². The van der Waals surface area contributed by atoms with Gasteiger partial charge in [-0.25, -0.2) is 4.79 Å². The van der Waals surface area contributed by atoms with Gasteiger partial charge in [-0.05, 0) is 43.3 Å². The molecule has 3 heterocycles. The van der Waals surface area contributed by atoms with Crippen LogP contribution in [0.1, 0.15) is 12.5 Å². The maximum atomic E-state index is 11.4. The van der Waals surface area contributed by atoms with Crippen LogP contribution >= 0.6 is 11.6 Å². The quantitative estimate of drug-likeness (QED) is 0.613. The van der Waals surface area contributed by atoms with Gasteiger partial charge in [-0.1, -0.05) is 22.8 Å². The van der Waals surface area contributed by atoms with Gasteiger partial charge < -0.3 is 10.3 Å². The molecule has 0 saturated heterocycles. The molecule has 0 atom stereocenters. The molecule has 3 N–H and O–H groups in total. The lowest BCUT2D eigenvalue weighted by Crippen LogP contribution is -2.40. The molecular weight excluding hydrogens is 380 g/mol. The van der Waals surface area contributed by atoms with Gasteiger partial charge in [0.25, 0.3) is 0 Å². The fourth-order valence-corrected chi connectivity index (χ4v) is 3.78. The molecule has 1 aromatic heterocycles. The summed E-state index contributed by atoms with van der Waals surface area (Å²) in [6, 6.07) is 13.7. The van der Waals surface area contributed by atoms with E-state index in [9.17, 15) is 4.79 Å². The lowest BCUT2D eigenvalue weighted by Gasteiger charge is -2.25. The van der Waals surface area contributed by atoms with Crippen LogP contribution in [0.5, 0.6) is 0 Å². The highest BCUT2D eigenvalue weighted by molar-refractivity contribution is 6.30. The van der Waals surface area contributed by atoms with E-state index in [1.54, 1.807) is 0 Å². The van der Waals surface area contributed by atoms with Crippen LogP contribution in [0.25, 0.3) is 17.1 Å². The molecule has 9 heteroatoms. The lowest BCUT2D eigenvalue weighted by atomic mass is 10.0. The molecule has 5 rings (SSSR count). The van der Waals surface area contributed by atoms with Gasteiger partial charge >= 0.3 is 5.76 Å². The number of aromatic nitrogens is 2. The van der Waals surface area contributed by atoms with Gasteiger partial charge in [0.1, 0.15) is 0 Å². The first-order valence-electron chi connectivity index (χ1n) is 8.84. The fourth-order valence-electron chi connectivity index (χ4n) is 3.65. The number of nitrogens with one attached hydrogen (secondary N) is 3. The molecule has 0 radical (unpaired) electrons. The Bertz CT molecular complexity index is 1130. The van der Waals surface area contributed by atoms with E-state index in [4.69, 9.17) is 11.6 Å². The summed E-state index contributed by atoms with van der Waals surface area (Å²) >= 11 is 6.08. The van der Waals surface area contributed by atoms with Gasteiger partial charge in [0.2, 0.25) is 0 Å². The molecule has 0 spiro atoms. The van der Waals surface area contributed by atoms with Gasteiger partial charge in [0.15, 0.2) is 5.82 Å². The first kappa shape index (κ1) is 16.9. The van der Waals surface area contributed by atoms with Crippen molar-refractivity contribution in [3.8, 4) is 11.4 Å². The Labute approximate surface area is 165 Å². The highest BCUT2D eigenvalue weighted by atomic mass is 35.5. The van der Waals surface area contributed by atoms with Crippen LogP contribution in [0.2, 0.25) is 5.02 Å². The number of nitrogens with zero attached hydrogens (tertiary/aromatic N) is 3. The van der Waals surface area contributed by atoms with E-state index in [1.165, 1.54) is 0 Å². The number of anilines is 2. The number of H-pyrrole nitrogens is 1. The zero-order valence-electron chi connectivity index (χ0n) is 15.0. The third kappa shape index (κ3) is 2.74. The second-order valence-electron chi connectivity index (χ2n) is 6.67. The first-order chi connectivity index (χ1) is 13.6. The molecule has 0 fully saturated rings. The standard InChI is InChI=1S/C19H17ClN6O2/c1-11-17-15-7-2-12(18-21-19(27)28-23-18)10-16(15)25(8-9-26(17)24-22-11)14-5-3-13(20)4-6-14/h2-7,10,22,24H,8-9H2,1H3,(H,21,23,27). The van der Waals surface area contributed by atoms with Crippen molar-refractivity contribution < 1.29 is 4.52 Å².